The Morgan fingerprint density at radius 1 is 1.37 bits per heavy atom. The van der Waals surface area contributed by atoms with Crippen molar-refractivity contribution in [3.63, 3.8) is 0 Å². The van der Waals surface area contributed by atoms with Gasteiger partial charge in [0.2, 0.25) is 11.9 Å². The third kappa shape index (κ3) is 4.27. The highest BCUT2D eigenvalue weighted by Gasteiger charge is 2.33. The zero-order valence-electron chi connectivity index (χ0n) is 10.7. The standard InChI is InChI=1S/C10H14F3N5O/c1-14-9-16-6(10(11,12)13)4-7(17-9)15-5-8(19)18(2)3/h4H,5H2,1-3H3,(H2,14,15,16,17). The van der Waals surface area contributed by atoms with Gasteiger partial charge in [0.25, 0.3) is 0 Å². The van der Waals surface area contributed by atoms with Crippen molar-refractivity contribution in [1.29, 1.82) is 0 Å². The molecular weight excluding hydrogens is 263 g/mol. The first kappa shape index (κ1) is 15.0. The van der Waals surface area contributed by atoms with E-state index >= 15 is 0 Å². The lowest BCUT2D eigenvalue weighted by atomic mass is 10.3. The molecule has 0 atom stereocenters. The van der Waals surface area contributed by atoms with Gasteiger partial charge >= 0.3 is 6.18 Å². The summed E-state index contributed by atoms with van der Waals surface area (Å²) in [4.78, 5) is 19.7. The Morgan fingerprint density at radius 2 is 2.00 bits per heavy atom. The summed E-state index contributed by atoms with van der Waals surface area (Å²) in [6.45, 7) is -0.148. The molecule has 19 heavy (non-hydrogen) atoms. The van der Waals surface area contributed by atoms with Crippen molar-refractivity contribution < 1.29 is 18.0 Å². The van der Waals surface area contributed by atoms with Crippen LogP contribution < -0.4 is 10.6 Å². The van der Waals surface area contributed by atoms with Crippen LogP contribution in [0, 0.1) is 0 Å². The van der Waals surface area contributed by atoms with Crippen LogP contribution >= 0.6 is 0 Å². The van der Waals surface area contributed by atoms with Crippen LogP contribution in [0.5, 0.6) is 0 Å². The summed E-state index contributed by atoms with van der Waals surface area (Å²) >= 11 is 0. The molecule has 0 fully saturated rings. The summed E-state index contributed by atoms with van der Waals surface area (Å²) in [6.07, 6.45) is -4.57. The molecule has 0 saturated carbocycles. The second-order valence-corrected chi connectivity index (χ2v) is 3.85. The fourth-order valence-corrected chi connectivity index (χ4v) is 1.12. The average Bonchev–Trinajstić information content (AvgIpc) is 2.34. The highest BCUT2D eigenvalue weighted by atomic mass is 19.4. The molecule has 0 radical (unpaired) electrons. The van der Waals surface area contributed by atoms with Gasteiger partial charge in [-0.15, -0.1) is 0 Å². The molecule has 0 aromatic carbocycles. The minimum absolute atomic E-state index is 0.0677. The van der Waals surface area contributed by atoms with E-state index in [1.165, 1.54) is 11.9 Å². The number of carbonyl (C=O) groups is 1. The number of aromatic nitrogens is 2. The van der Waals surface area contributed by atoms with Crippen molar-refractivity contribution >= 4 is 17.7 Å². The van der Waals surface area contributed by atoms with E-state index in [4.69, 9.17) is 0 Å². The van der Waals surface area contributed by atoms with Gasteiger partial charge < -0.3 is 15.5 Å². The number of hydrogen-bond donors (Lipinski definition) is 2. The minimum atomic E-state index is -4.57. The molecule has 0 spiro atoms. The van der Waals surface area contributed by atoms with Crippen LogP contribution in [0.25, 0.3) is 0 Å². The summed E-state index contributed by atoms with van der Waals surface area (Å²) in [5.74, 6) is -0.519. The third-order valence-corrected chi connectivity index (χ3v) is 2.16. The molecule has 1 aromatic rings. The van der Waals surface area contributed by atoms with Crippen molar-refractivity contribution in [1.82, 2.24) is 14.9 Å². The SMILES string of the molecule is CNc1nc(NCC(=O)N(C)C)cc(C(F)(F)F)n1. The number of nitrogens with one attached hydrogen (secondary N) is 2. The van der Waals surface area contributed by atoms with E-state index in [9.17, 15) is 18.0 Å². The van der Waals surface area contributed by atoms with Gasteiger partial charge in [-0.3, -0.25) is 4.79 Å². The second-order valence-electron chi connectivity index (χ2n) is 3.85. The number of hydrogen-bond acceptors (Lipinski definition) is 5. The largest absolute Gasteiger partial charge is 0.433 e. The molecule has 0 unspecified atom stereocenters. The van der Waals surface area contributed by atoms with E-state index in [1.54, 1.807) is 14.1 Å². The van der Waals surface area contributed by atoms with Gasteiger partial charge in [-0.2, -0.15) is 18.2 Å². The van der Waals surface area contributed by atoms with E-state index in [1.807, 2.05) is 0 Å². The maximum atomic E-state index is 12.6. The number of amides is 1. The van der Waals surface area contributed by atoms with Crippen LogP contribution in [0.2, 0.25) is 0 Å². The van der Waals surface area contributed by atoms with E-state index in [-0.39, 0.29) is 24.2 Å². The summed E-state index contributed by atoms with van der Waals surface area (Å²) in [5.41, 5.74) is -1.08. The van der Waals surface area contributed by atoms with Gasteiger partial charge in [0.15, 0.2) is 5.69 Å². The smallest absolute Gasteiger partial charge is 0.361 e. The normalized spacial score (nSPS) is 11.1. The van der Waals surface area contributed by atoms with Crippen molar-refractivity contribution in [3.05, 3.63) is 11.8 Å². The van der Waals surface area contributed by atoms with E-state index < -0.39 is 11.9 Å². The van der Waals surface area contributed by atoms with Crippen LogP contribution in [0.15, 0.2) is 6.07 Å². The van der Waals surface area contributed by atoms with Crippen molar-refractivity contribution in [3.8, 4) is 0 Å². The number of likely N-dealkylation sites (N-methyl/N-ethyl adjacent to an activating group) is 1. The molecule has 1 aromatic heterocycles. The Morgan fingerprint density at radius 3 is 2.47 bits per heavy atom. The third-order valence-electron chi connectivity index (χ3n) is 2.16. The number of rotatable bonds is 4. The molecule has 106 valence electrons. The summed E-state index contributed by atoms with van der Waals surface area (Å²) < 4.78 is 37.8. The Labute approximate surface area is 108 Å². The maximum absolute atomic E-state index is 12.6. The summed E-state index contributed by atoms with van der Waals surface area (Å²) in [6, 6.07) is 0.754. The van der Waals surface area contributed by atoms with Crippen molar-refractivity contribution in [2.24, 2.45) is 0 Å². The van der Waals surface area contributed by atoms with Gasteiger partial charge in [0, 0.05) is 27.2 Å². The quantitative estimate of drug-likeness (QED) is 0.860. The van der Waals surface area contributed by atoms with E-state index in [0.29, 0.717) is 0 Å². The first-order valence-electron chi connectivity index (χ1n) is 5.32. The molecule has 2 N–H and O–H groups in total. The predicted octanol–water partition coefficient (Wildman–Crippen LogP) is 1.04. The van der Waals surface area contributed by atoms with Crippen LogP contribution in [0.1, 0.15) is 5.69 Å². The Hall–Kier alpha value is -2.06. The molecule has 6 nitrogen and oxygen atoms in total. The first-order valence-corrected chi connectivity index (χ1v) is 5.32. The molecule has 1 heterocycles. The fraction of sp³-hybridized carbons (Fsp3) is 0.500. The number of alkyl halides is 3. The maximum Gasteiger partial charge on any atom is 0.433 e. The molecule has 0 aliphatic rings. The van der Waals surface area contributed by atoms with E-state index in [0.717, 1.165) is 6.07 Å². The molecule has 0 aliphatic heterocycles. The zero-order chi connectivity index (χ0) is 14.6. The van der Waals surface area contributed by atoms with Gasteiger partial charge in [-0.25, -0.2) is 4.98 Å². The number of halogens is 3. The van der Waals surface area contributed by atoms with Crippen LogP contribution in [-0.2, 0) is 11.0 Å². The summed E-state index contributed by atoms with van der Waals surface area (Å²) in [7, 11) is 4.50. The van der Waals surface area contributed by atoms with Gasteiger partial charge in [0.1, 0.15) is 5.82 Å². The Bertz CT molecular complexity index is 461. The number of nitrogens with zero attached hydrogens (tertiary/aromatic N) is 3. The lowest BCUT2D eigenvalue weighted by molar-refractivity contribution is -0.141. The van der Waals surface area contributed by atoms with Gasteiger partial charge in [-0.1, -0.05) is 0 Å². The highest BCUT2D eigenvalue weighted by Crippen LogP contribution is 2.29. The van der Waals surface area contributed by atoms with Crippen LogP contribution in [-0.4, -0.2) is 48.5 Å². The molecule has 1 amide bonds. The summed E-state index contributed by atoms with van der Waals surface area (Å²) in [5, 5.41) is 4.96. The Balaban J connectivity index is 2.92. The zero-order valence-corrected chi connectivity index (χ0v) is 10.7. The molecule has 1 rings (SSSR count). The average molecular weight is 277 g/mol. The van der Waals surface area contributed by atoms with Crippen LogP contribution in [0.3, 0.4) is 0 Å². The molecule has 0 aliphatic carbocycles. The molecule has 9 heteroatoms. The lowest BCUT2D eigenvalue weighted by Crippen LogP contribution is -2.29. The van der Waals surface area contributed by atoms with E-state index in [2.05, 4.69) is 20.6 Å². The monoisotopic (exact) mass is 277 g/mol. The van der Waals surface area contributed by atoms with Crippen LogP contribution in [0.4, 0.5) is 24.9 Å². The predicted molar refractivity (Wildman–Crippen MR) is 63.8 cm³/mol. The Kier molecular flexibility index (Phi) is 4.52. The van der Waals surface area contributed by atoms with Gasteiger partial charge in [0.05, 0.1) is 6.54 Å². The second kappa shape index (κ2) is 5.72. The topological polar surface area (TPSA) is 70.2 Å². The number of carbonyl (C=O) groups excluding carboxylic acids is 1. The van der Waals surface area contributed by atoms with Crippen molar-refractivity contribution in [2.75, 3.05) is 38.3 Å². The highest BCUT2D eigenvalue weighted by molar-refractivity contribution is 5.80. The lowest BCUT2D eigenvalue weighted by Gasteiger charge is -2.13. The molecular formula is C10H14F3N5O. The first-order chi connectivity index (χ1) is 8.74. The van der Waals surface area contributed by atoms with Crippen molar-refractivity contribution in [2.45, 2.75) is 6.18 Å². The molecule has 0 saturated heterocycles. The number of anilines is 2. The fourth-order valence-electron chi connectivity index (χ4n) is 1.12. The minimum Gasteiger partial charge on any atom is -0.361 e. The van der Waals surface area contributed by atoms with Gasteiger partial charge in [-0.05, 0) is 0 Å². The molecule has 0 bridgehead atoms.